The number of aryl methyl sites for hydroxylation is 2. The predicted molar refractivity (Wildman–Crippen MR) is 90.2 cm³/mol. The summed E-state index contributed by atoms with van der Waals surface area (Å²) in [5.41, 5.74) is 8.61. The van der Waals surface area contributed by atoms with Gasteiger partial charge in [0.2, 0.25) is 0 Å². The van der Waals surface area contributed by atoms with Crippen LogP contribution in [-0.4, -0.2) is 9.78 Å². The first-order valence-electron chi connectivity index (χ1n) is 6.98. The lowest BCUT2D eigenvalue weighted by molar-refractivity contribution is 0.599. The van der Waals surface area contributed by atoms with E-state index in [4.69, 9.17) is 28.9 Å². The van der Waals surface area contributed by atoms with Crippen LogP contribution in [0.15, 0.2) is 18.2 Å². The van der Waals surface area contributed by atoms with Crippen LogP contribution in [0.25, 0.3) is 0 Å². The third-order valence-corrected chi connectivity index (χ3v) is 3.95. The highest BCUT2D eigenvalue weighted by Gasteiger charge is 2.16. The molecule has 1 heterocycles. The van der Waals surface area contributed by atoms with E-state index in [9.17, 15) is 0 Å². The monoisotopic (exact) mass is 326 g/mol. The topological polar surface area (TPSA) is 55.9 Å². The predicted octanol–water partition coefficient (Wildman–Crippen LogP) is 4.66. The number of nitrogens with one attached hydrogen (secondary N) is 1. The summed E-state index contributed by atoms with van der Waals surface area (Å²) in [6.07, 6.45) is 0.991. The second-order valence-electron chi connectivity index (χ2n) is 5.10. The van der Waals surface area contributed by atoms with E-state index in [1.54, 1.807) is 6.07 Å². The SMILES string of the molecule is CCCn1nc(C)c(N)c1NC(C)c1ccc(Cl)cc1Cl. The van der Waals surface area contributed by atoms with E-state index in [1.807, 2.05) is 30.7 Å². The molecule has 0 bridgehead atoms. The summed E-state index contributed by atoms with van der Waals surface area (Å²) >= 11 is 12.2. The van der Waals surface area contributed by atoms with Crippen LogP contribution >= 0.6 is 23.2 Å². The quantitative estimate of drug-likeness (QED) is 0.839. The van der Waals surface area contributed by atoms with Crippen LogP contribution in [-0.2, 0) is 6.54 Å². The molecular formula is C15H20Cl2N4. The minimum absolute atomic E-state index is 0.00349. The minimum atomic E-state index is 0.00349. The highest BCUT2D eigenvalue weighted by molar-refractivity contribution is 6.35. The highest BCUT2D eigenvalue weighted by Crippen LogP contribution is 2.31. The number of hydrogen-bond donors (Lipinski definition) is 2. The van der Waals surface area contributed by atoms with Gasteiger partial charge in [0.15, 0.2) is 0 Å². The number of nitrogens with two attached hydrogens (primary N) is 1. The van der Waals surface area contributed by atoms with Crippen molar-refractivity contribution >= 4 is 34.7 Å². The van der Waals surface area contributed by atoms with Crippen molar-refractivity contribution in [2.24, 2.45) is 0 Å². The Bertz CT molecular complexity index is 637. The number of nitrogen functional groups attached to an aromatic ring is 1. The van der Waals surface area contributed by atoms with Gasteiger partial charge in [-0.05, 0) is 38.0 Å². The number of benzene rings is 1. The van der Waals surface area contributed by atoms with Crippen molar-refractivity contribution in [1.29, 1.82) is 0 Å². The second-order valence-corrected chi connectivity index (χ2v) is 5.95. The second kappa shape index (κ2) is 6.58. The zero-order valence-electron chi connectivity index (χ0n) is 12.5. The van der Waals surface area contributed by atoms with Gasteiger partial charge in [-0.1, -0.05) is 36.2 Å². The summed E-state index contributed by atoms with van der Waals surface area (Å²) in [7, 11) is 0. The van der Waals surface area contributed by atoms with Gasteiger partial charge >= 0.3 is 0 Å². The molecule has 0 radical (unpaired) electrons. The molecule has 0 spiro atoms. The fourth-order valence-electron chi connectivity index (χ4n) is 2.26. The van der Waals surface area contributed by atoms with Crippen LogP contribution in [0.1, 0.15) is 37.6 Å². The molecule has 1 aromatic carbocycles. The van der Waals surface area contributed by atoms with Crippen LogP contribution in [0.2, 0.25) is 10.0 Å². The Morgan fingerprint density at radius 3 is 2.71 bits per heavy atom. The molecule has 0 aliphatic rings. The lowest BCUT2D eigenvalue weighted by Crippen LogP contribution is -2.13. The Kier molecular flexibility index (Phi) is 5.01. The van der Waals surface area contributed by atoms with Crippen LogP contribution in [0.3, 0.4) is 0 Å². The van der Waals surface area contributed by atoms with Gasteiger partial charge in [-0.25, -0.2) is 4.68 Å². The Morgan fingerprint density at radius 1 is 1.38 bits per heavy atom. The van der Waals surface area contributed by atoms with E-state index in [1.165, 1.54) is 0 Å². The van der Waals surface area contributed by atoms with Gasteiger partial charge in [-0.3, -0.25) is 0 Å². The molecule has 3 N–H and O–H groups in total. The van der Waals surface area contributed by atoms with E-state index >= 15 is 0 Å². The molecule has 1 unspecified atom stereocenters. The van der Waals surface area contributed by atoms with Gasteiger partial charge in [0.1, 0.15) is 5.82 Å². The molecule has 21 heavy (non-hydrogen) atoms. The first-order valence-corrected chi connectivity index (χ1v) is 7.74. The maximum Gasteiger partial charge on any atom is 0.148 e. The van der Waals surface area contributed by atoms with Crippen molar-refractivity contribution in [3.63, 3.8) is 0 Å². The normalized spacial score (nSPS) is 12.4. The molecule has 2 rings (SSSR count). The molecule has 0 amide bonds. The molecule has 0 aliphatic carbocycles. The largest absolute Gasteiger partial charge is 0.394 e. The van der Waals surface area contributed by atoms with Crippen LogP contribution in [0, 0.1) is 6.92 Å². The van der Waals surface area contributed by atoms with Gasteiger partial charge in [-0.2, -0.15) is 5.10 Å². The first-order chi connectivity index (χ1) is 9.93. The van der Waals surface area contributed by atoms with Crippen molar-refractivity contribution in [1.82, 2.24) is 9.78 Å². The maximum atomic E-state index is 6.26. The lowest BCUT2D eigenvalue weighted by atomic mass is 10.1. The molecule has 0 aliphatic heterocycles. The third-order valence-electron chi connectivity index (χ3n) is 3.39. The fourth-order valence-corrected chi connectivity index (χ4v) is 2.83. The van der Waals surface area contributed by atoms with E-state index in [-0.39, 0.29) is 6.04 Å². The highest BCUT2D eigenvalue weighted by atomic mass is 35.5. The van der Waals surface area contributed by atoms with Crippen molar-refractivity contribution in [2.45, 2.75) is 39.8 Å². The lowest BCUT2D eigenvalue weighted by Gasteiger charge is -2.18. The van der Waals surface area contributed by atoms with E-state index in [2.05, 4.69) is 17.3 Å². The fraction of sp³-hybridized carbons (Fsp3) is 0.400. The molecular weight excluding hydrogens is 307 g/mol. The van der Waals surface area contributed by atoms with Crippen molar-refractivity contribution in [3.8, 4) is 0 Å². The molecule has 0 saturated heterocycles. The van der Waals surface area contributed by atoms with E-state index in [0.29, 0.717) is 15.7 Å². The van der Waals surface area contributed by atoms with Gasteiger partial charge in [0.25, 0.3) is 0 Å². The summed E-state index contributed by atoms with van der Waals surface area (Å²) in [5.74, 6) is 0.841. The number of nitrogens with zero attached hydrogens (tertiary/aromatic N) is 2. The van der Waals surface area contributed by atoms with Gasteiger partial charge < -0.3 is 11.1 Å². The molecule has 1 aromatic heterocycles. The number of anilines is 2. The maximum absolute atomic E-state index is 6.26. The summed E-state index contributed by atoms with van der Waals surface area (Å²) < 4.78 is 1.91. The minimum Gasteiger partial charge on any atom is -0.394 e. The zero-order valence-corrected chi connectivity index (χ0v) is 14.0. The average molecular weight is 327 g/mol. The van der Waals surface area contributed by atoms with Crippen LogP contribution in [0.4, 0.5) is 11.5 Å². The molecule has 0 saturated carbocycles. The molecule has 6 heteroatoms. The number of aromatic nitrogens is 2. The van der Waals surface area contributed by atoms with E-state index in [0.717, 1.165) is 30.0 Å². The number of rotatable bonds is 5. The van der Waals surface area contributed by atoms with Crippen LogP contribution in [0.5, 0.6) is 0 Å². The van der Waals surface area contributed by atoms with Gasteiger partial charge in [-0.15, -0.1) is 0 Å². The van der Waals surface area contributed by atoms with Crippen molar-refractivity contribution in [2.75, 3.05) is 11.1 Å². The van der Waals surface area contributed by atoms with Gasteiger partial charge in [0, 0.05) is 16.6 Å². The summed E-state index contributed by atoms with van der Waals surface area (Å²) in [5, 5.41) is 9.13. The first kappa shape index (κ1) is 16.0. The number of halogens is 2. The molecule has 114 valence electrons. The average Bonchev–Trinajstić information content (AvgIpc) is 2.67. The molecule has 0 fully saturated rings. The van der Waals surface area contributed by atoms with Crippen molar-refractivity contribution < 1.29 is 0 Å². The third kappa shape index (κ3) is 3.44. The van der Waals surface area contributed by atoms with E-state index < -0.39 is 0 Å². The molecule has 2 aromatic rings. The van der Waals surface area contributed by atoms with Gasteiger partial charge in [0.05, 0.1) is 17.4 Å². The Balaban J connectivity index is 2.28. The summed E-state index contributed by atoms with van der Waals surface area (Å²) in [6.45, 7) is 6.87. The smallest absolute Gasteiger partial charge is 0.148 e. The molecule has 1 atom stereocenters. The standard InChI is InChI=1S/C15H20Cl2N4/c1-4-7-21-15(14(18)10(3)20-21)19-9(2)12-6-5-11(16)8-13(12)17/h5-6,8-9,19H,4,7,18H2,1-3H3. The number of hydrogen-bond acceptors (Lipinski definition) is 3. The Morgan fingerprint density at radius 2 is 2.10 bits per heavy atom. The Hall–Kier alpha value is -1.39. The van der Waals surface area contributed by atoms with Crippen LogP contribution < -0.4 is 11.1 Å². The summed E-state index contributed by atoms with van der Waals surface area (Å²) in [4.78, 5) is 0. The molecule has 4 nitrogen and oxygen atoms in total. The zero-order chi connectivity index (χ0) is 15.6. The van der Waals surface area contributed by atoms with Crippen molar-refractivity contribution in [3.05, 3.63) is 39.5 Å². The Labute approximate surface area is 135 Å². The summed E-state index contributed by atoms with van der Waals surface area (Å²) in [6, 6.07) is 5.50.